The molecule has 3 aromatic rings. The summed E-state index contributed by atoms with van der Waals surface area (Å²) >= 11 is 0. The van der Waals surface area contributed by atoms with Gasteiger partial charge in [-0.1, -0.05) is 30.3 Å². The first kappa shape index (κ1) is 21.7. The van der Waals surface area contributed by atoms with E-state index in [0.29, 0.717) is 23.6 Å². The normalized spacial score (nSPS) is 10.2. The minimum absolute atomic E-state index is 0.0555. The van der Waals surface area contributed by atoms with Gasteiger partial charge in [-0.25, -0.2) is 0 Å². The Balaban J connectivity index is 1.41. The van der Waals surface area contributed by atoms with Gasteiger partial charge in [0.15, 0.2) is 5.76 Å². The zero-order valence-corrected chi connectivity index (χ0v) is 17.2. The molecule has 0 radical (unpaired) electrons. The molecule has 0 aliphatic rings. The third kappa shape index (κ3) is 6.47. The van der Waals surface area contributed by atoms with Crippen LogP contribution in [-0.4, -0.2) is 30.3 Å². The lowest BCUT2D eigenvalue weighted by atomic mass is 10.2. The second kappa shape index (κ2) is 10.6. The van der Waals surface area contributed by atoms with Crippen molar-refractivity contribution in [3.63, 3.8) is 0 Å². The van der Waals surface area contributed by atoms with Crippen molar-refractivity contribution in [2.45, 2.75) is 19.6 Å². The summed E-state index contributed by atoms with van der Waals surface area (Å²) < 4.78 is 11.1. The van der Waals surface area contributed by atoms with E-state index in [1.54, 1.807) is 48.3 Å². The van der Waals surface area contributed by atoms with Gasteiger partial charge in [0.05, 0.1) is 11.6 Å². The molecule has 2 amide bonds. The summed E-state index contributed by atoms with van der Waals surface area (Å²) in [5.41, 5.74) is 1.60. The maximum Gasteiger partial charge on any atom is 0.287 e. The second-order valence-electron chi connectivity index (χ2n) is 6.93. The van der Waals surface area contributed by atoms with E-state index in [1.807, 2.05) is 36.4 Å². The molecule has 1 N–H and O–H groups in total. The molecule has 158 valence electrons. The molecule has 0 saturated carbocycles. The van der Waals surface area contributed by atoms with Gasteiger partial charge in [-0.2, -0.15) is 5.26 Å². The van der Waals surface area contributed by atoms with Crippen molar-refractivity contribution in [2.24, 2.45) is 0 Å². The Morgan fingerprint density at radius 2 is 1.81 bits per heavy atom. The highest BCUT2D eigenvalue weighted by Crippen LogP contribution is 2.15. The lowest BCUT2D eigenvalue weighted by molar-refractivity contribution is -0.130. The first-order chi connectivity index (χ1) is 15.0. The van der Waals surface area contributed by atoms with Gasteiger partial charge in [0.2, 0.25) is 5.91 Å². The molecule has 0 bridgehead atoms. The molecule has 1 heterocycles. The van der Waals surface area contributed by atoms with Gasteiger partial charge in [0.1, 0.15) is 18.1 Å². The van der Waals surface area contributed by atoms with Crippen LogP contribution in [0.3, 0.4) is 0 Å². The van der Waals surface area contributed by atoms with Crippen LogP contribution in [0.15, 0.2) is 71.1 Å². The van der Waals surface area contributed by atoms with Crippen molar-refractivity contribution < 1.29 is 18.7 Å². The second-order valence-corrected chi connectivity index (χ2v) is 6.93. The summed E-state index contributed by atoms with van der Waals surface area (Å²) in [5.74, 6) is 0.805. The molecule has 0 aliphatic carbocycles. The highest BCUT2D eigenvalue weighted by Gasteiger charge is 2.13. The summed E-state index contributed by atoms with van der Waals surface area (Å²) in [7, 11) is 1.74. The predicted octanol–water partition coefficient (Wildman–Crippen LogP) is 3.51. The maximum absolute atomic E-state index is 12.2. The first-order valence-corrected chi connectivity index (χ1v) is 9.83. The Bertz CT molecular complexity index is 1050. The van der Waals surface area contributed by atoms with Crippen LogP contribution in [0.2, 0.25) is 0 Å². The van der Waals surface area contributed by atoms with Crippen molar-refractivity contribution in [1.29, 1.82) is 5.26 Å². The summed E-state index contributed by atoms with van der Waals surface area (Å²) in [5, 5.41) is 11.5. The average Bonchev–Trinajstić information content (AvgIpc) is 3.28. The highest BCUT2D eigenvalue weighted by atomic mass is 16.5. The van der Waals surface area contributed by atoms with E-state index in [1.165, 1.54) is 0 Å². The summed E-state index contributed by atoms with van der Waals surface area (Å²) in [4.78, 5) is 26.1. The monoisotopic (exact) mass is 417 g/mol. The Morgan fingerprint density at radius 1 is 1.06 bits per heavy atom. The molecule has 2 aromatic carbocycles. The van der Waals surface area contributed by atoms with Crippen LogP contribution >= 0.6 is 0 Å². The number of ether oxygens (including phenoxy) is 1. The number of amides is 2. The van der Waals surface area contributed by atoms with E-state index in [0.717, 1.165) is 5.56 Å². The summed E-state index contributed by atoms with van der Waals surface area (Å²) in [6.45, 7) is 0.894. The zero-order chi connectivity index (χ0) is 22.1. The van der Waals surface area contributed by atoms with Gasteiger partial charge < -0.3 is 19.4 Å². The minimum Gasteiger partial charge on any atom is -0.486 e. The quantitative estimate of drug-likeness (QED) is 0.575. The molecule has 0 saturated heterocycles. The summed E-state index contributed by atoms with van der Waals surface area (Å²) in [6, 6.07) is 21.7. The fourth-order valence-corrected chi connectivity index (χ4v) is 2.86. The third-order valence-corrected chi connectivity index (χ3v) is 4.56. The Hall–Kier alpha value is -4.05. The predicted molar refractivity (Wildman–Crippen MR) is 114 cm³/mol. The largest absolute Gasteiger partial charge is 0.486 e. The fraction of sp³-hybridized carbons (Fsp3) is 0.208. The van der Waals surface area contributed by atoms with Crippen LogP contribution in [0.25, 0.3) is 0 Å². The summed E-state index contributed by atoms with van der Waals surface area (Å²) in [6.07, 6.45) is 0.199. The Kier molecular flexibility index (Phi) is 7.44. The fourth-order valence-electron chi connectivity index (χ4n) is 2.86. The number of nitrogens with one attached hydrogen (secondary N) is 1. The Labute approximate surface area is 180 Å². The first-order valence-electron chi connectivity index (χ1n) is 9.83. The van der Waals surface area contributed by atoms with E-state index in [-0.39, 0.29) is 37.1 Å². The number of hydrogen-bond acceptors (Lipinski definition) is 5. The standard InChI is InChI=1S/C24H23N3O4/c1-27(16-19-5-3-2-4-6-19)23(28)13-14-26-24(29)22-12-11-21(31-22)17-30-20-9-7-18(15-25)8-10-20/h2-12H,13-14,16-17H2,1H3,(H,26,29). The number of carbonyl (C=O) groups is 2. The van der Waals surface area contributed by atoms with Gasteiger partial charge in [0, 0.05) is 26.6 Å². The van der Waals surface area contributed by atoms with Crippen molar-refractivity contribution in [3.05, 3.63) is 89.4 Å². The van der Waals surface area contributed by atoms with Gasteiger partial charge in [-0.05, 0) is 42.0 Å². The van der Waals surface area contributed by atoms with Gasteiger partial charge in [-0.3, -0.25) is 9.59 Å². The lowest BCUT2D eigenvalue weighted by Crippen LogP contribution is -2.31. The van der Waals surface area contributed by atoms with Gasteiger partial charge in [0.25, 0.3) is 5.91 Å². The number of rotatable bonds is 9. The number of hydrogen-bond donors (Lipinski definition) is 1. The number of nitriles is 1. The molecule has 0 aliphatic heterocycles. The molecule has 31 heavy (non-hydrogen) atoms. The Morgan fingerprint density at radius 3 is 2.52 bits per heavy atom. The molecule has 0 spiro atoms. The number of carbonyl (C=O) groups excluding carboxylic acids is 2. The molecule has 0 fully saturated rings. The van der Waals surface area contributed by atoms with Crippen LogP contribution in [0, 0.1) is 11.3 Å². The number of nitrogens with zero attached hydrogens (tertiary/aromatic N) is 2. The molecule has 7 nitrogen and oxygen atoms in total. The van der Waals surface area contributed by atoms with E-state index in [2.05, 4.69) is 5.32 Å². The van der Waals surface area contributed by atoms with Crippen LogP contribution in [-0.2, 0) is 17.9 Å². The van der Waals surface area contributed by atoms with Crippen LogP contribution in [0.1, 0.15) is 33.9 Å². The zero-order valence-electron chi connectivity index (χ0n) is 17.2. The SMILES string of the molecule is CN(Cc1ccccc1)C(=O)CCNC(=O)c1ccc(COc2ccc(C#N)cc2)o1. The van der Waals surface area contributed by atoms with Gasteiger partial charge in [-0.15, -0.1) is 0 Å². The topological polar surface area (TPSA) is 95.6 Å². The van der Waals surface area contributed by atoms with Crippen LogP contribution in [0.5, 0.6) is 5.75 Å². The average molecular weight is 417 g/mol. The lowest BCUT2D eigenvalue weighted by Gasteiger charge is -2.17. The highest BCUT2D eigenvalue weighted by molar-refractivity contribution is 5.91. The van der Waals surface area contributed by atoms with E-state index < -0.39 is 0 Å². The maximum atomic E-state index is 12.2. The molecule has 1 aromatic heterocycles. The number of furan rings is 1. The molecule has 3 rings (SSSR count). The molecule has 0 atom stereocenters. The van der Waals surface area contributed by atoms with Gasteiger partial charge >= 0.3 is 0 Å². The number of benzene rings is 2. The van der Waals surface area contributed by atoms with Crippen molar-refractivity contribution >= 4 is 11.8 Å². The smallest absolute Gasteiger partial charge is 0.287 e. The molecule has 7 heteroatoms. The molecule has 0 unspecified atom stereocenters. The van der Waals surface area contributed by atoms with Crippen molar-refractivity contribution in [1.82, 2.24) is 10.2 Å². The van der Waals surface area contributed by atoms with Crippen LogP contribution in [0.4, 0.5) is 0 Å². The van der Waals surface area contributed by atoms with E-state index >= 15 is 0 Å². The van der Waals surface area contributed by atoms with Crippen LogP contribution < -0.4 is 10.1 Å². The van der Waals surface area contributed by atoms with E-state index in [4.69, 9.17) is 14.4 Å². The third-order valence-electron chi connectivity index (χ3n) is 4.56. The van der Waals surface area contributed by atoms with Crippen molar-refractivity contribution in [2.75, 3.05) is 13.6 Å². The van der Waals surface area contributed by atoms with E-state index in [9.17, 15) is 9.59 Å². The minimum atomic E-state index is -0.386. The molecular formula is C24H23N3O4. The van der Waals surface area contributed by atoms with Crippen molar-refractivity contribution in [3.8, 4) is 11.8 Å². The molecular weight excluding hydrogens is 394 g/mol.